The van der Waals surface area contributed by atoms with Crippen LogP contribution in [0.15, 0.2) is 0 Å². The van der Waals surface area contributed by atoms with Gasteiger partial charge in [0.15, 0.2) is 0 Å². The average Bonchev–Trinajstić information content (AvgIpc) is 2.28. The van der Waals surface area contributed by atoms with Gasteiger partial charge in [0.2, 0.25) is 0 Å². The summed E-state index contributed by atoms with van der Waals surface area (Å²) in [6.45, 7) is 7.38. The Morgan fingerprint density at radius 3 is 2.62 bits per heavy atom. The van der Waals surface area contributed by atoms with Gasteiger partial charge in [0.25, 0.3) is 0 Å². The molecule has 0 radical (unpaired) electrons. The van der Waals surface area contributed by atoms with Crippen molar-refractivity contribution < 1.29 is 14.6 Å². The van der Waals surface area contributed by atoms with E-state index in [1.165, 1.54) is 0 Å². The molecule has 0 bridgehead atoms. The van der Waals surface area contributed by atoms with Crippen LogP contribution in [0.1, 0.15) is 26.7 Å². The highest BCUT2D eigenvalue weighted by Crippen LogP contribution is 2.14. The number of aliphatic hydroxyl groups is 1. The zero-order valence-electron chi connectivity index (χ0n) is 10.4. The van der Waals surface area contributed by atoms with Crippen molar-refractivity contribution in [3.05, 3.63) is 0 Å². The minimum atomic E-state index is 0.0554. The van der Waals surface area contributed by atoms with Gasteiger partial charge in [-0.05, 0) is 18.8 Å². The summed E-state index contributed by atoms with van der Waals surface area (Å²) in [5.74, 6) is 0.632. The van der Waals surface area contributed by atoms with Crippen LogP contribution in [0.25, 0.3) is 0 Å². The van der Waals surface area contributed by atoms with Crippen LogP contribution in [0.2, 0.25) is 0 Å². The van der Waals surface area contributed by atoms with Crippen LogP contribution in [-0.2, 0) is 9.47 Å². The van der Waals surface area contributed by atoms with Crippen LogP contribution in [-0.4, -0.2) is 50.2 Å². The minimum absolute atomic E-state index is 0.0554. The molecule has 2 N–H and O–H groups in total. The maximum Gasteiger partial charge on any atom is 0.0642 e. The monoisotopic (exact) mass is 231 g/mol. The maximum absolute atomic E-state index is 9.15. The number of hydrogen-bond donors (Lipinski definition) is 2. The highest BCUT2D eigenvalue weighted by Gasteiger charge is 2.15. The Hall–Kier alpha value is -0.160. The number of nitrogens with one attached hydrogen (secondary N) is 1. The Bertz CT molecular complexity index is 170. The summed E-state index contributed by atoms with van der Waals surface area (Å²) in [5, 5.41) is 12.4. The van der Waals surface area contributed by atoms with E-state index < -0.39 is 0 Å². The molecule has 1 atom stereocenters. The molecular weight excluding hydrogens is 206 g/mol. The highest BCUT2D eigenvalue weighted by molar-refractivity contribution is 4.68. The van der Waals surface area contributed by atoms with Crippen LogP contribution in [0.5, 0.6) is 0 Å². The largest absolute Gasteiger partial charge is 0.395 e. The Balaban J connectivity index is 2.07. The van der Waals surface area contributed by atoms with Gasteiger partial charge in [-0.3, -0.25) is 0 Å². The molecule has 1 aliphatic heterocycles. The molecule has 1 saturated heterocycles. The van der Waals surface area contributed by atoms with Crippen LogP contribution < -0.4 is 5.32 Å². The summed E-state index contributed by atoms with van der Waals surface area (Å²) in [5.41, 5.74) is 0. The molecule has 0 aromatic rings. The first-order valence-corrected chi connectivity index (χ1v) is 6.24. The third-order valence-electron chi connectivity index (χ3n) is 2.80. The van der Waals surface area contributed by atoms with Crippen molar-refractivity contribution in [1.29, 1.82) is 0 Å². The fourth-order valence-corrected chi connectivity index (χ4v) is 1.91. The van der Waals surface area contributed by atoms with Gasteiger partial charge in [0, 0.05) is 25.9 Å². The van der Waals surface area contributed by atoms with E-state index in [2.05, 4.69) is 19.2 Å². The lowest BCUT2D eigenvalue weighted by molar-refractivity contribution is 0.0103. The summed E-state index contributed by atoms with van der Waals surface area (Å²) in [4.78, 5) is 0. The topological polar surface area (TPSA) is 50.7 Å². The van der Waals surface area contributed by atoms with Gasteiger partial charge in [-0.2, -0.15) is 0 Å². The zero-order chi connectivity index (χ0) is 11.8. The quantitative estimate of drug-likeness (QED) is 0.680. The van der Waals surface area contributed by atoms with Crippen LogP contribution >= 0.6 is 0 Å². The fourth-order valence-electron chi connectivity index (χ4n) is 1.91. The van der Waals surface area contributed by atoms with E-state index in [9.17, 15) is 0 Å². The van der Waals surface area contributed by atoms with Gasteiger partial charge < -0.3 is 19.9 Å². The molecule has 1 heterocycles. The van der Waals surface area contributed by atoms with E-state index in [1.807, 2.05) is 0 Å². The van der Waals surface area contributed by atoms with Crippen molar-refractivity contribution in [3.63, 3.8) is 0 Å². The minimum Gasteiger partial charge on any atom is -0.395 e. The summed E-state index contributed by atoms with van der Waals surface area (Å²) in [6, 6.07) is 0.434. The lowest BCUT2D eigenvalue weighted by Crippen LogP contribution is -2.41. The second kappa shape index (κ2) is 8.01. The molecule has 0 aromatic heterocycles. The van der Waals surface area contributed by atoms with Crippen molar-refractivity contribution >= 4 is 0 Å². The normalized spacial score (nSPS) is 20.2. The number of rotatable bonds is 7. The van der Waals surface area contributed by atoms with Crippen molar-refractivity contribution in [1.82, 2.24) is 5.32 Å². The van der Waals surface area contributed by atoms with Gasteiger partial charge in [0.1, 0.15) is 0 Å². The van der Waals surface area contributed by atoms with Crippen LogP contribution in [0.4, 0.5) is 0 Å². The molecule has 0 saturated carbocycles. The Morgan fingerprint density at radius 2 is 2.06 bits per heavy atom. The molecule has 1 rings (SSSR count). The SMILES string of the molecule is CC(C)NC(CO)COCC1CCOCC1. The first-order chi connectivity index (χ1) is 7.72. The van der Waals surface area contributed by atoms with E-state index in [0.29, 0.717) is 18.6 Å². The lowest BCUT2D eigenvalue weighted by Gasteiger charge is -2.24. The van der Waals surface area contributed by atoms with Gasteiger partial charge in [-0.25, -0.2) is 0 Å². The van der Waals surface area contributed by atoms with Gasteiger partial charge in [-0.1, -0.05) is 13.8 Å². The number of hydrogen-bond acceptors (Lipinski definition) is 4. The second-order valence-electron chi connectivity index (χ2n) is 4.79. The van der Waals surface area contributed by atoms with E-state index in [4.69, 9.17) is 14.6 Å². The van der Waals surface area contributed by atoms with Crippen molar-refractivity contribution in [3.8, 4) is 0 Å². The number of aliphatic hydroxyl groups excluding tert-OH is 1. The Kier molecular flexibility index (Phi) is 6.96. The summed E-state index contributed by atoms with van der Waals surface area (Å²) in [6.07, 6.45) is 2.20. The predicted octanol–water partition coefficient (Wildman–Crippen LogP) is 0.788. The molecule has 0 aromatic carbocycles. The predicted molar refractivity (Wildman–Crippen MR) is 63.5 cm³/mol. The molecule has 0 spiro atoms. The molecule has 0 aliphatic carbocycles. The molecule has 1 unspecified atom stereocenters. The zero-order valence-corrected chi connectivity index (χ0v) is 10.4. The van der Waals surface area contributed by atoms with Crippen molar-refractivity contribution in [2.45, 2.75) is 38.8 Å². The van der Waals surface area contributed by atoms with E-state index in [0.717, 1.165) is 32.7 Å². The fraction of sp³-hybridized carbons (Fsp3) is 1.00. The molecule has 16 heavy (non-hydrogen) atoms. The van der Waals surface area contributed by atoms with Gasteiger partial charge in [0.05, 0.1) is 19.3 Å². The molecular formula is C12H25NO3. The van der Waals surface area contributed by atoms with Crippen LogP contribution in [0.3, 0.4) is 0 Å². The molecule has 1 fully saturated rings. The van der Waals surface area contributed by atoms with Gasteiger partial charge in [-0.15, -0.1) is 0 Å². The second-order valence-corrected chi connectivity index (χ2v) is 4.79. The molecule has 0 amide bonds. The molecule has 1 aliphatic rings. The molecule has 4 heteroatoms. The summed E-state index contributed by atoms with van der Waals surface area (Å²) in [7, 11) is 0. The van der Waals surface area contributed by atoms with Crippen molar-refractivity contribution in [2.24, 2.45) is 5.92 Å². The average molecular weight is 231 g/mol. The maximum atomic E-state index is 9.15. The standard InChI is InChI=1S/C12H25NO3/c1-10(2)13-12(7-14)9-16-8-11-3-5-15-6-4-11/h10-14H,3-9H2,1-2H3. The number of ether oxygens (including phenoxy) is 2. The van der Waals surface area contributed by atoms with E-state index in [1.54, 1.807) is 0 Å². The van der Waals surface area contributed by atoms with E-state index in [-0.39, 0.29) is 12.6 Å². The summed E-state index contributed by atoms with van der Waals surface area (Å²) >= 11 is 0. The Morgan fingerprint density at radius 1 is 1.38 bits per heavy atom. The first-order valence-electron chi connectivity index (χ1n) is 6.24. The third kappa shape index (κ3) is 5.80. The van der Waals surface area contributed by atoms with E-state index >= 15 is 0 Å². The highest BCUT2D eigenvalue weighted by atomic mass is 16.5. The molecule has 96 valence electrons. The van der Waals surface area contributed by atoms with Crippen molar-refractivity contribution in [2.75, 3.05) is 33.0 Å². The lowest BCUT2D eigenvalue weighted by atomic mass is 10.0. The molecule has 4 nitrogen and oxygen atoms in total. The summed E-state index contributed by atoms with van der Waals surface area (Å²) < 4.78 is 10.9. The smallest absolute Gasteiger partial charge is 0.0642 e. The van der Waals surface area contributed by atoms with Crippen LogP contribution in [0, 0.1) is 5.92 Å². The Labute approximate surface area is 98.3 Å². The first kappa shape index (κ1) is 13.9. The third-order valence-corrected chi connectivity index (χ3v) is 2.80. The van der Waals surface area contributed by atoms with Gasteiger partial charge >= 0.3 is 0 Å².